The highest BCUT2D eigenvalue weighted by Gasteiger charge is 2.28. The van der Waals surface area contributed by atoms with Crippen LogP contribution in [0.5, 0.6) is 0 Å². The molecule has 27 heavy (non-hydrogen) atoms. The molecule has 7 N–H and O–H groups in total. The van der Waals surface area contributed by atoms with Gasteiger partial charge in [0.05, 0.1) is 12.6 Å². The molecule has 1 aromatic rings. The maximum absolute atomic E-state index is 12.1. The summed E-state index contributed by atoms with van der Waals surface area (Å²) in [7, 11) is 0. The van der Waals surface area contributed by atoms with Crippen LogP contribution in [0.25, 0.3) is 6.08 Å². The van der Waals surface area contributed by atoms with Crippen LogP contribution in [-0.2, 0) is 9.59 Å². The second-order valence-electron chi connectivity index (χ2n) is 5.80. The van der Waals surface area contributed by atoms with Gasteiger partial charge in [-0.1, -0.05) is 19.1 Å². The number of ketones is 1. The van der Waals surface area contributed by atoms with E-state index in [-0.39, 0.29) is 12.2 Å². The molecule has 3 atom stereocenters. The van der Waals surface area contributed by atoms with Gasteiger partial charge in [-0.15, -0.1) is 0 Å². The van der Waals surface area contributed by atoms with E-state index in [0.717, 1.165) is 6.08 Å². The summed E-state index contributed by atoms with van der Waals surface area (Å²) in [6.45, 7) is 0.654. The van der Waals surface area contributed by atoms with E-state index in [4.69, 9.17) is 10.3 Å². The summed E-state index contributed by atoms with van der Waals surface area (Å²) in [4.78, 5) is 34.8. The van der Waals surface area contributed by atoms with Crippen LogP contribution in [0.2, 0.25) is 0 Å². The normalized spacial score (nSPS) is 14.4. The number of benzene rings is 1. The molecule has 10 nitrogen and oxygen atoms in total. The number of amides is 2. The van der Waals surface area contributed by atoms with Gasteiger partial charge in [-0.3, -0.25) is 25.0 Å². The van der Waals surface area contributed by atoms with Gasteiger partial charge in [0, 0.05) is 24.2 Å². The van der Waals surface area contributed by atoms with Crippen LogP contribution < -0.4 is 16.3 Å². The summed E-state index contributed by atoms with van der Waals surface area (Å²) in [6.07, 6.45) is -0.643. The number of rotatable bonds is 10. The van der Waals surface area contributed by atoms with Crippen LogP contribution in [0.3, 0.4) is 0 Å². The van der Waals surface area contributed by atoms with Crippen molar-refractivity contribution in [2.24, 2.45) is 5.92 Å². The van der Waals surface area contributed by atoms with Crippen LogP contribution >= 0.6 is 0 Å². The van der Waals surface area contributed by atoms with E-state index >= 15 is 0 Å². The van der Waals surface area contributed by atoms with E-state index in [1.807, 2.05) is 0 Å². The Morgan fingerprint density at radius 2 is 1.93 bits per heavy atom. The molecule has 0 saturated carbocycles. The van der Waals surface area contributed by atoms with Crippen molar-refractivity contribution >= 4 is 23.7 Å². The molecular weight excluding hydrogens is 358 g/mol. The summed E-state index contributed by atoms with van der Waals surface area (Å²) in [6, 6.07) is 6.19. The Morgan fingerprint density at radius 3 is 2.56 bits per heavy atom. The van der Waals surface area contributed by atoms with Crippen LogP contribution in [0.4, 0.5) is 0 Å². The molecule has 0 fully saturated rings. The molecule has 0 aliphatic rings. The van der Waals surface area contributed by atoms with Gasteiger partial charge in [0.2, 0.25) is 0 Å². The number of aliphatic hydroxyl groups is 3. The van der Waals surface area contributed by atoms with Gasteiger partial charge in [-0.25, -0.2) is 10.9 Å². The van der Waals surface area contributed by atoms with Crippen molar-refractivity contribution in [3.63, 3.8) is 0 Å². The molecule has 1 aromatic carbocycles. The number of hydrogen-bond donors (Lipinski definition) is 7. The van der Waals surface area contributed by atoms with Gasteiger partial charge in [0.25, 0.3) is 11.8 Å². The lowest BCUT2D eigenvalue weighted by Gasteiger charge is -2.21. The zero-order valence-corrected chi connectivity index (χ0v) is 14.6. The zero-order valence-electron chi connectivity index (χ0n) is 14.6. The average molecular weight is 381 g/mol. The predicted molar refractivity (Wildman–Crippen MR) is 94.1 cm³/mol. The first-order valence-electron chi connectivity index (χ1n) is 8.05. The first kappa shape index (κ1) is 22.4. The molecule has 1 rings (SSSR count). The highest BCUT2D eigenvalue weighted by Crippen LogP contribution is 2.08. The minimum atomic E-state index is -1.69. The highest BCUT2D eigenvalue weighted by atomic mass is 16.5. The molecule has 0 heterocycles. The van der Waals surface area contributed by atoms with E-state index < -0.39 is 42.3 Å². The maximum atomic E-state index is 12.1. The van der Waals surface area contributed by atoms with E-state index in [1.54, 1.807) is 12.1 Å². The SMILES string of the molecule is CC(CO)C(O)C(O)C(=O)CNNC(=O)c1cccc(/C=C/C(=O)NO)c1. The van der Waals surface area contributed by atoms with E-state index in [9.17, 15) is 24.6 Å². The summed E-state index contributed by atoms with van der Waals surface area (Å²) in [5, 5.41) is 36.7. The van der Waals surface area contributed by atoms with Gasteiger partial charge in [0.15, 0.2) is 5.78 Å². The van der Waals surface area contributed by atoms with Crippen molar-refractivity contribution < 1.29 is 34.9 Å². The van der Waals surface area contributed by atoms with Gasteiger partial charge >= 0.3 is 0 Å². The van der Waals surface area contributed by atoms with Crippen molar-refractivity contribution in [3.8, 4) is 0 Å². The number of Topliss-reactive ketones (excluding diaryl/α,β-unsaturated/α-hetero) is 1. The van der Waals surface area contributed by atoms with Crippen molar-refractivity contribution in [2.75, 3.05) is 13.2 Å². The zero-order chi connectivity index (χ0) is 20.4. The van der Waals surface area contributed by atoms with Gasteiger partial charge < -0.3 is 15.3 Å². The molecule has 2 amide bonds. The van der Waals surface area contributed by atoms with Crippen molar-refractivity contribution in [1.82, 2.24) is 16.3 Å². The topological polar surface area (TPSA) is 168 Å². The third-order valence-corrected chi connectivity index (χ3v) is 3.68. The summed E-state index contributed by atoms with van der Waals surface area (Å²) in [5.41, 5.74) is 6.83. The van der Waals surface area contributed by atoms with E-state index in [1.165, 1.54) is 30.6 Å². The lowest BCUT2D eigenvalue weighted by molar-refractivity contribution is -0.134. The summed E-state index contributed by atoms with van der Waals surface area (Å²) < 4.78 is 0. The molecule has 0 saturated heterocycles. The fraction of sp³-hybridized carbons (Fsp3) is 0.353. The summed E-state index contributed by atoms with van der Waals surface area (Å²) in [5.74, 6) is -2.72. The lowest BCUT2D eigenvalue weighted by atomic mass is 9.98. The van der Waals surface area contributed by atoms with E-state index in [0.29, 0.717) is 5.56 Å². The molecule has 0 bridgehead atoms. The quantitative estimate of drug-likeness (QED) is 0.144. The minimum Gasteiger partial charge on any atom is -0.396 e. The Bertz CT molecular complexity index is 693. The Morgan fingerprint density at radius 1 is 1.22 bits per heavy atom. The molecule has 10 heteroatoms. The monoisotopic (exact) mass is 381 g/mol. The Balaban J connectivity index is 2.56. The van der Waals surface area contributed by atoms with Crippen LogP contribution in [0.15, 0.2) is 30.3 Å². The number of aliphatic hydroxyl groups excluding tert-OH is 3. The Hall–Kier alpha value is -2.63. The van der Waals surface area contributed by atoms with Crippen molar-refractivity contribution in [3.05, 3.63) is 41.5 Å². The predicted octanol–water partition coefficient (Wildman–Crippen LogP) is -1.64. The van der Waals surface area contributed by atoms with Gasteiger partial charge in [-0.05, 0) is 23.8 Å². The second kappa shape index (κ2) is 11.2. The molecular formula is C17H23N3O7. The molecule has 3 unspecified atom stereocenters. The van der Waals surface area contributed by atoms with Gasteiger partial charge in [-0.2, -0.15) is 0 Å². The molecule has 148 valence electrons. The first-order valence-corrected chi connectivity index (χ1v) is 8.05. The largest absolute Gasteiger partial charge is 0.396 e. The standard InChI is InChI=1S/C17H23N3O7/c1-10(9-21)15(24)16(25)13(22)8-18-19-17(26)12-4-2-3-11(7-12)5-6-14(23)20-27/h2-7,10,15-16,18,21,24-25,27H,8-9H2,1H3,(H,19,26)(H,20,23)/b6-5+. The minimum absolute atomic E-state index is 0.232. The lowest BCUT2D eigenvalue weighted by Crippen LogP contribution is -2.47. The number of hydrogen-bond acceptors (Lipinski definition) is 8. The molecule has 0 aromatic heterocycles. The maximum Gasteiger partial charge on any atom is 0.267 e. The van der Waals surface area contributed by atoms with Crippen molar-refractivity contribution in [1.29, 1.82) is 0 Å². The Kier molecular flexibility index (Phi) is 9.26. The summed E-state index contributed by atoms with van der Waals surface area (Å²) >= 11 is 0. The Labute approximate surface area is 155 Å². The molecule has 0 radical (unpaired) electrons. The average Bonchev–Trinajstić information content (AvgIpc) is 2.69. The third kappa shape index (κ3) is 7.25. The third-order valence-electron chi connectivity index (χ3n) is 3.68. The van der Waals surface area contributed by atoms with Crippen molar-refractivity contribution in [2.45, 2.75) is 19.1 Å². The molecule has 0 aliphatic heterocycles. The number of carbonyl (C=O) groups is 3. The smallest absolute Gasteiger partial charge is 0.267 e. The first-order chi connectivity index (χ1) is 12.8. The molecule has 0 spiro atoms. The van der Waals surface area contributed by atoms with Crippen LogP contribution in [0, 0.1) is 5.92 Å². The number of carbonyl (C=O) groups excluding carboxylic acids is 3. The fourth-order valence-corrected chi connectivity index (χ4v) is 1.99. The van der Waals surface area contributed by atoms with E-state index in [2.05, 4.69) is 10.9 Å². The highest BCUT2D eigenvalue weighted by molar-refractivity contribution is 5.95. The van der Waals surface area contributed by atoms with Crippen LogP contribution in [-0.4, -0.2) is 63.5 Å². The fourth-order valence-electron chi connectivity index (χ4n) is 1.99. The number of hydrazine groups is 1. The molecule has 0 aliphatic carbocycles. The number of hydroxylamine groups is 1. The number of nitrogens with one attached hydrogen (secondary N) is 3. The van der Waals surface area contributed by atoms with Crippen LogP contribution in [0.1, 0.15) is 22.8 Å². The van der Waals surface area contributed by atoms with Gasteiger partial charge in [0.1, 0.15) is 6.10 Å². The second-order valence-corrected chi connectivity index (χ2v) is 5.80.